The van der Waals surface area contributed by atoms with E-state index in [9.17, 15) is 22.8 Å². The summed E-state index contributed by atoms with van der Waals surface area (Å²) < 4.78 is 35.8. The van der Waals surface area contributed by atoms with Crippen molar-refractivity contribution in [3.05, 3.63) is 29.6 Å². The highest BCUT2D eigenvalue weighted by Gasteiger charge is 2.39. The molecule has 0 saturated heterocycles. The Morgan fingerprint density at radius 1 is 1.29 bits per heavy atom. The number of Topliss-reactive ketones (excluding diaryl/α,β-unsaturated/α-hetero) is 2. The van der Waals surface area contributed by atoms with Crippen molar-refractivity contribution in [1.29, 1.82) is 0 Å². The molecule has 0 aromatic carbocycles. The first kappa shape index (κ1) is 13.3. The number of ketones is 2. The number of halogens is 3. The van der Waals surface area contributed by atoms with E-state index in [1.807, 2.05) is 6.92 Å². The summed E-state index contributed by atoms with van der Waals surface area (Å²) in [6.45, 7) is 1.88. The Morgan fingerprint density at radius 2 is 1.94 bits per heavy atom. The highest BCUT2D eigenvalue weighted by Crippen LogP contribution is 2.18. The van der Waals surface area contributed by atoms with Gasteiger partial charge in [0.1, 0.15) is 5.69 Å². The van der Waals surface area contributed by atoms with Gasteiger partial charge < -0.3 is 0 Å². The van der Waals surface area contributed by atoms with Gasteiger partial charge in [0, 0.05) is 6.20 Å². The minimum atomic E-state index is -4.97. The van der Waals surface area contributed by atoms with Gasteiger partial charge in [-0.3, -0.25) is 14.6 Å². The fourth-order valence-electron chi connectivity index (χ4n) is 1.14. The molecule has 0 aliphatic heterocycles. The topological polar surface area (TPSA) is 47.0 Å². The molecule has 1 aromatic heterocycles. The number of pyridine rings is 1. The summed E-state index contributed by atoms with van der Waals surface area (Å²) in [5.74, 6) is -2.97. The number of carbonyl (C=O) groups excluding carboxylic acids is 2. The Bertz CT molecular complexity index is 423. The minimum Gasteiger partial charge on any atom is -0.292 e. The van der Waals surface area contributed by atoms with Gasteiger partial charge in [0.2, 0.25) is 5.78 Å². The first-order valence-electron chi connectivity index (χ1n) is 4.92. The smallest absolute Gasteiger partial charge is 0.292 e. The van der Waals surface area contributed by atoms with E-state index in [1.165, 1.54) is 12.3 Å². The number of hydrogen-bond acceptors (Lipinski definition) is 3. The maximum Gasteiger partial charge on any atom is 0.450 e. The van der Waals surface area contributed by atoms with E-state index in [0.717, 1.165) is 5.56 Å². The molecule has 1 rings (SSSR count). The van der Waals surface area contributed by atoms with Crippen molar-refractivity contribution in [2.75, 3.05) is 0 Å². The number of rotatable bonds is 4. The molecule has 0 radical (unpaired) electrons. The summed E-state index contributed by atoms with van der Waals surface area (Å²) in [6, 6.07) is 2.92. The molecule has 3 nitrogen and oxygen atoms in total. The van der Waals surface area contributed by atoms with Crippen LogP contribution >= 0.6 is 0 Å². The zero-order valence-electron chi connectivity index (χ0n) is 9.04. The molecular formula is C11H10F3NO2. The van der Waals surface area contributed by atoms with Crippen molar-refractivity contribution in [3.63, 3.8) is 0 Å². The molecule has 0 atom stereocenters. The van der Waals surface area contributed by atoms with Gasteiger partial charge >= 0.3 is 6.18 Å². The van der Waals surface area contributed by atoms with Crippen molar-refractivity contribution in [2.24, 2.45) is 0 Å². The zero-order chi connectivity index (χ0) is 13.1. The summed E-state index contributed by atoms with van der Waals surface area (Å²) in [5.41, 5.74) is 0.739. The van der Waals surface area contributed by atoms with Crippen LogP contribution in [-0.4, -0.2) is 22.7 Å². The third-order valence-electron chi connectivity index (χ3n) is 2.16. The Kier molecular flexibility index (Phi) is 3.98. The largest absolute Gasteiger partial charge is 0.450 e. The van der Waals surface area contributed by atoms with Crippen LogP contribution in [0, 0.1) is 0 Å². The van der Waals surface area contributed by atoms with Crippen molar-refractivity contribution in [2.45, 2.75) is 25.9 Å². The molecule has 6 heteroatoms. The molecule has 0 aliphatic carbocycles. The number of hydrogen-bond donors (Lipinski definition) is 0. The van der Waals surface area contributed by atoms with E-state index >= 15 is 0 Å². The van der Waals surface area contributed by atoms with Crippen molar-refractivity contribution >= 4 is 11.6 Å². The Morgan fingerprint density at radius 3 is 2.35 bits per heavy atom. The molecular weight excluding hydrogens is 235 g/mol. The van der Waals surface area contributed by atoms with E-state index in [1.54, 1.807) is 6.07 Å². The van der Waals surface area contributed by atoms with Gasteiger partial charge in [0.25, 0.3) is 0 Å². The van der Waals surface area contributed by atoms with Crippen LogP contribution in [-0.2, 0) is 11.2 Å². The standard InChI is InChI=1S/C11H10F3NO2/c1-2-7-3-4-8(15-6-7)9(16)5-10(17)11(12,13)14/h3-4,6H,2,5H2,1H3. The summed E-state index contributed by atoms with van der Waals surface area (Å²) >= 11 is 0. The lowest BCUT2D eigenvalue weighted by molar-refractivity contribution is -0.170. The lowest BCUT2D eigenvalue weighted by Crippen LogP contribution is -2.25. The van der Waals surface area contributed by atoms with Crippen LogP contribution in [0.4, 0.5) is 13.2 Å². The SMILES string of the molecule is CCc1ccc(C(=O)CC(=O)C(F)(F)F)nc1. The van der Waals surface area contributed by atoms with Crippen LogP contribution in [0.5, 0.6) is 0 Å². The second kappa shape index (κ2) is 5.07. The summed E-state index contributed by atoms with van der Waals surface area (Å²) in [4.78, 5) is 25.6. The second-order valence-electron chi connectivity index (χ2n) is 3.43. The predicted molar refractivity (Wildman–Crippen MR) is 53.6 cm³/mol. The highest BCUT2D eigenvalue weighted by molar-refractivity contribution is 6.08. The van der Waals surface area contributed by atoms with Crippen LogP contribution in [0.15, 0.2) is 18.3 Å². The fraction of sp³-hybridized carbons (Fsp3) is 0.364. The molecule has 0 saturated carbocycles. The molecule has 0 fully saturated rings. The third-order valence-corrected chi connectivity index (χ3v) is 2.16. The van der Waals surface area contributed by atoms with Gasteiger partial charge in [-0.25, -0.2) is 0 Å². The Hall–Kier alpha value is -1.72. The van der Waals surface area contributed by atoms with Crippen molar-refractivity contribution in [1.82, 2.24) is 4.98 Å². The van der Waals surface area contributed by atoms with Gasteiger partial charge in [-0.2, -0.15) is 13.2 Å². The van der Waals surface area contributed by atoms with Crippen LogP contribution in [0.3, 0.4) is 0 Å². The van der Waals surface area contributed by atoms with Crippen LogP contribution in [0.1, 0.15) is 29.4 Å². The van der Waals surface area contributed by atoms with Gasteiger partial charge in [-0.1, -0.05) is 13.0 Å². The first-order valence-corrected chi connectivity index (χ1v) is 4.92. The van der Waals surface area contributed by atoms with E-state index < -0.39 is 24.2 Å². The summed E-state index contributed by atoms with van der Waals surface area (Å²) in [6.07, 6.45) is -4.05. The normalized spacial score (nSPS) is 11.3. The lowest BCUT2D eigenvalue weighted by Gasteiger charge is -2.04. The molecule has 0 N–H and O–H groups in total. The molecule has 17 heavy (non-hydrogen) atoms. The second-order valence-corrected chi connectivity index (χ2v) is 3.43. The van der Waals surface area contributed by atoms with E-state index in [2.05, 4.69) is 4.98 Å². The Labute approximate surface area is 95.7 Å². The van der Waals surface area contributed by atoms with Crippen LogP contribution in [0.2, 0.25) is 0 Å². The van der Waals surface area contributed by atoms with Crippen LogP contribution in [0.25, 0.3) is 0 Å². The predicted octanol–water partition coefficient (Wildman–Crippen LogP) is 2.35. The van der Waals surface area contributed by atoms with Gasteiger partial charge in [0.05, 0.1) is 6.42 Å². The third kappa shape index (κ3) is 3.65. The highest BCUT2D eigenvalue weighted by atomic mass is 19.4. The maximum absolute atomic E-state index is 11.9. The van der Waals surface area contributed by atoms with E-state index in [0.29, 0.717) is 6.42 Å². The minimum absolute atomic E-state index is 0.125. The zero-order valence-corrected chi connectivity index (χ0v) is 9.04. The van der Waals surface area contributed by atoms with E-state index in [-0.39, 0.29) is 5.69 Å². The average molecular weight is 245 g/mol. The molecule has 0 amide bonds. The molecule has 0 bridgehead atoms. The van der Waals surface area contributed by atoms with Crippen LogP contribution < -0.4 is 0 Å². The molecule has 0 aliphatic rings. The summed E-state index contributed by atoms with van der Waals surface area (Å²) in [5, 5.41) is 0. The number of alkyl halides is 3. The number of aromatic nitrogens is 1. The molecule has 92 valence electrons. The van der Waals surface area contributed by atoms with Crippen molar-refractivity contribution in [3.8, 4) is 0 Å². The Balaban J connectivity index is 2.73. The lowest BCUT2D eigenvalue weighted by atomic mass is 10.1. The van der Waals surface area contributed by atoms with Gasteiger partial charge in [-0.05, 0) is 18.1 Å². The number of nitrogens with zero attached hydrogens (tertiary/aromatic N) is 1. The quantitative estimate of drug-likeness (QED) is 0.604. The first-order chi connectivity index (χ1) is 7.84. The average Bonchev–Trinajstić information content (AvgIpc) is 2.27. The number of carbonyl (C=O) groups is 2. The maximum atomic E-state index is 11.9. The monoisotopic (exact) mass is 245 g/mol. The summed E-state index contributed by atoms with van der Waals surface area (Å²) in [7, 11) is 0. The number of aryl methyl sites for hydroxylation is 1. The van der Waals surface area contributed by atoms with Gasteiger partial charge in [0.15, 0.2) is 5.78 Å². The van der Waals surface area contributed by atoms with Crippen molar-refractivity contribution < 1.29 is 22.8 Å². The molecule has 1 aromatic rings. The molecule has 0 spiro atoms. The van der Waals surface area contributed by atoms with E-state index in [4.69, 9.17) is 0 Å². The molecule has 1 heterocycles. The fourth-order valence-corrected chi connectivity index (χ4v) is 1.14. The van der Waals surface area contributed by atoms with Gasteiger partial charge in [-0.15, -0.1) is 0 Å². The molecule has 0 unspecified atom stereocenters.